The molecule has 2 heteroatoms. The monoisotopic (exact) mass is 287 g/mol. The van der Waals surface area contributed by atoms with Crippen molar-refractivity contribution >= 4 is 6.29 Å². The van der Waals surface area contributed by atoms with Crippen LogP contribution in [-0.2, 0) is 0 Å². The van der Waals surface area contributed by atoms with E-state index < -0.39 is 0 Å². The van der Waals surface area contributed by atoms with Crippen LogP contribution in [-0.4, -0.2) is 25.3 Å². The number of carbonyl (C=O) groups is 1. The van der Waals surface area contributed by atoms with Gasteiger partial charge in [0, 0.05) is 25.4 Å². The number of likely N-dealkylation sites (N-methyl/N-ethyl adjacent to an activating group) is 1. The average molecular weight is 287 g/mol. The Balaban J connectivity index is 0. The summed E-state index contributed by atoms with van der Waals surface area (Å²) in [6, 6.07) is 7.49. The van der Waals surface area contributed by atoms with E-state index in [-0.39, 0.29) is 0 Å². The zero-order chi connectivity index (χ0) is 16.7. The fourth-order valence-electron chi connectivity index (χ4n) is 1.17. The maximum atomic E-state index is 10.2. The van der Waals surface area contributed by atoms with Crippen molar-refractivity contribution in [3.8, 4) is 0 Å². The highest BCUT2D eigenvalue weighted by Gasteiger charge is 1.86. The molecular formula is C19H29NO. The Morgan fingerprint density at radius 3 is 2.19 bits per heavy atom. The SMILES string of the molecule is C=C(/C=C\C=C/C)N(C)C.CC.Cc1cccc(C=O)c1. The summed E-state index contributed by atoms with van der Waals surface area (Å²) in [5.41, 5.74) is 2.88. The van der Waals surface area contributed by atoms with E-state index in [1.54, 1.807) is 6.07 Å². The minimum Gasteiger partial charge on any atom is -0.378 e. The second kappa shape index (κ2) is 14.3. The summed E-state index contributed by atoms with van der Waals surface area (Å²) in [6.07, 6.45) is 8.77. The molecule has 0 N–H and O–H groups in total. The molecule has 0 aliphatic heterocycles. The van der Waals surface area contributed by atoms with Crippen LogP contribution in [0, 0.1) is 6.92 Å². The largest absolute Gasteiger partial charge is 0.378 e. The van der Waals surface area contributed by atoms with Crippen LogP contribution in [0.4, 0.5) is 0 Å². The number of carbonyl (C=O) groups excluding carboxylic acids is 1. The zero-order valence-corrected chi connectivity index (χ0v) is 14.3. The van der Waals surface area contributed by atoms with Gasteiger partial charge in [-0.3, -0.25) is 4.79 Å². The number of rotatable bonds is 4. The van der Waals surface area contributed by atoms with E-state index in [0.717, 1.165) is 23.1 Å². The van der Waals surface area contributed by atoms with Crippen LogP contribution in [0.25, 0.3) is 0 Å². The summed E-state index contributed by atoms with van der Waals surface area (Å²) in [5.74, 6) is 0. The summed E-state index contributed by atoms with van der Waals surface area (Å²) < 4.78 is 0. The highest BCUT2D eigenvalue weighted by Crippen LogP contribution is 1.99. The molecule has 0 saturated heterocycles. The normalized spacial score (nSPS) is 9.43. The van der Waals surface area contributed by atoms with Crippen molar-refractivity contribution in [1.29, 1.82) is 0 Å². The van der Waals surface area contributed by atoms with Crippen LogP contribution in [0.15, 0.2) is 60.8 Å². The number of hydrogen-bond donors (Lipinski definition) is 0. The van der Waals surface area contributed by atoms with E-state index in [2.05, 4.69) is 6.58 Å². The van der Waals surface area contributed by atoms with Crippen LogP contribution in [0.5, 0.6) is 0 Å². The molecule has 0 fully saturated rings. The van der Waals surface area contributed by atoms with Crippen molar-refractivity contribution in [3.63, 3.8) is 0 Å². The summed E-state index contributed by atoms with van der Waals surface area (Å²) in [7, 11) is 3.95. The lowest BCUT2D eigenvalue weighted by Crippen LogP contribution is -2.07. The summed E-state index contributed by atoms with van der Waals surface area (Å²) in [6.45, 7) is 11.8. The van der Waals surface area contributed by atoms with E-state index in [1.165, 1.54) is 0 Å². The number of aryl methyl sites for hydroxylation is 1. The summed E-state index contributed by atoms with van der Waals surface area (Å²) >= 11 is 0. The maximum Gasteiger partial charge on any atom is 0.150 e. The molecule has 116 valence electrons. The van der Waals surface area contributed by atoms with Gasteiger partial charge in [-0.1, -0.05) is 62.4 Å². The molecule has 0 saturated carbocycles. The molecule has 21 heavy (non-hydrogen) atoms. The Morgan fingerprint density at radius 2 is 1.81 bits per heavy atom. The molecule has 1 aromatic carbocycles. The lowest BCUT2D eigenvalue weighted by atomic mass is 10.2. The zero-order valence-electron chi connectivity index (χ0n) is 14.3. The predicted molar refractivity (Wildman–Crippen MR) is 94.7 cm³/mol. The van der Waals surface area contributed by atoms with Crippen molar-refractivity contribution in [2.75, 3.05) is 14.1 Å². The summed E-state index contributed by atoms with van der Waals surface area (Å²) in [5, 5.41) is 0. The molecule has 0 amide bonds. The quantitative estimate of drug-likeness (QED) is 0.572. The van der Waals surface area contributed by atoms with Crippen molar-refractivity contribution in [1.82, 2.24) is 4.90 Å². The molecule has 1 aromatic rings. The molecule has 0 radical (unpaired) electrons. The number of nitrogens with zero attached hydrogens (tertiary/aromatic N) is 1. The standard InChI is InChI=1S/C9H15N.C8H8O.C2H6/c1-5-6-7-8-9(2)10(3)4;1-7-3-2-4-8(5-7)6-9;1-2/h5-8H,2H2,1,3-4H3;2-6H,1H3;1-2H3/b6-5-,8-7-;;. The molecule has 0 aliphatic rings. The van der Waals surface area contributed by atoms with Crippen LogP contribution < -0.4 is 0 Å². The van der Waals surface area contributed by atoms with Gasteiger partial charge in [0.05, 0.1) is 0 Å². The molecule has 0 atom stereocenters. The van der Waals surface area contributed by atoms with E-state index in [9.17, 15) is 4.79 Å². The Kier molecular flexibility index (Phi) is 14.5. The number of hydrogen-bond acceptors (Lipinski definition) is 2. The van der Waals surface area contributed by atoms with Gasteiger partial charge in [-0.15, -0.1) is 0 Å². The van der Waals surface area contributed by atoms with Gasteiger partial charge in [-0.2, -0.15) is 0 Å². The highest BCUT2D eigenvalue weighted by atomic mass is 16.1. The Morgan fingerprint density at radius 1 is 1.19 bits per heavy atom. The first-order valence-corrected chi connectivity index (χ1v) is 7.18. The molecule has 1 rings (SSSR count). The first kappa shape index (κ1) is 21.2. The first-order chi connectivity index (χ1) is 10.0. The molecule has 0 unspecified atom stereocenters. The lowest BCUT2D eigenvalue weighted by molar-refractivity contribution is 0.112. The third-order valence-electron chi connectivity index (χ3n) is 2.34. The Bertz CT molecular complexity index is 456. The van der Waals surface area contributed by atoms with Crippen molar-refractivity contribution in [2.24, 2.45) is 0 Å². The van der Waals surface area contributed by atoms with Gasteiger partial charge in [0.25, 0.3) is 0 Å². The Hall–Kier alpha value is -2.09. The van der Waals surface area contributed by atoms with Crippen LogP contribution in [0.1, 0.15) is 36.7 Å². The van der Waals surface area contributed by atoms with E-state index in [0.29, 0.717) is 0 Å². The number of benzene rings is 1. The van der Waals surface area contributed by atoms with Crippen LogP contribution >= 0.6 is 0 Å². The minimum atomic E-state index is 0.745. The highest BCUT2D eigenvalue weighted by molar-refractivity contribution is 5.74. The minimum absolute atomic E-state index is 0.745. The Labute approximate surface area is 130 Å². The smallest absolute Gasteiger partial charge is 0.150 e. The molecule has 0 aromatic heterocycles. The van der Waals surface area contributed by atoms with E-state index >= 15 is 0 Å². The third-order valence-corrected chi connectivity index (χ3v) is 2.34. The molecular weight excluding hydrogens is 258 g/mol. The van der Waals surface area contributed by atoms with Gasteiger partial charge in [0.15, 0.2) is 0 Å². The van der Waals surface area contributed by atoms with Crippen molar-refractivity contribution < 1.29 is 4.79 Å². The van der Waals surface area contributed by atoms with E-state index in [1.807, 2.05) is 89.2 Å². The number of aldehydes is 1. The topological polar surface area (TPSA) is 20.3 Å². The molecule has 0 bridgehead atoms. The second-order valence-corrected chi connectivity index (χ2v) is 4.30. The van der Waals surface area contributed by atoms with Crippen LogP contribution in [0.3, 0.4) is 0 Å². The van der Waals surface area contributed by atoms with E-state index in [4.69, 9.17) is 0 Å². The van der Waals surface area contributed by atoms with Gasteiger partial charge in [-0.25, -0.2) is 0 Å². The predicted octanol–water partition coefficient (Wildman–Crippen LogP) is 5.03. The number of allylic oxidation sites excluding steroid dienone is 4. The van der Waals surface area contributed by atoms with Gasteiger partial charge >= 0.3 is 0 Å². The maximum absolute atomic E-state index is 10.2. The van der Waals surface area contributed by atoms with Crippen LogP contribution in [0.2, 0.25) is 0 Å². The van der Waals surface area contributed by atoms with Gasteiger partial charge in [0.1, 0.15) is 6.29 Å². The van der Waals surface area contributed by atoms with Gasteiger partial charge in [-0.05, 0) is 26.0 Å². The molecule has 0 heterocycles. The third kappa shape index (κ3) is 12.7. The lowest BCUT2D eigenvalue weighted by Gasteiger charge is -2.10. The fourth-order valence-corrected chi connectivity index (χ4v) is 1.17. The first-order valence-electron chi connectivity index (χ1n) is 7.18. The van der Waals surface area contributed by atoms with Crippen molar-refractivity contribution in [2.45, 2.75) is 27.7 Å². The molecule has 2 nitrogen and oxygen atoms in total. The van der Waals surface area contributed by atoms with Gasteiger partial charge < -0.3 is 4.90 Å². The summed E-state index contributed by atoms with van der Waals surface area (Å²) in [4.78, 5) is 12.1. The second-order valence-electron chi connectivity index (χ2n) is 4.30. The van der Waals surface area contributed by atoms with Gasteiger partial charge in [0.2, 0.25) is 0 Å². The average Bonchev–Trinajstić information content (AvgIpc) is 2.50. The molecule has 0 spiro atoms. The van der Waals surface area contributed by atoms with Crippen molar-refractivity contribution in [3.05, 3.63) is 72.0 Å². The molecule has 0 aliphatic carbocycles. The fraction of sp³-hybridized carbons (Fsp3) is 0.316.